The summed E-state index contributed by atoms with van der Waals surface area (Å²) in [6.07, 6.45) is -0.578. The van der Waals surface area contributed by atoms with E-state index in [-0.39, 0.29) is 18.9 Å². The predicted octanol–water partition coefficient (Wildman–Crippen LogP) is 2.74. The summed E-state index contributed by atoms with van der Waals surface area (Å²) in [6.45, 7) is 0.208. The SMILES string of the molecule is O=C1CC(O)CN1c1c(Cl)cc(Cl)cc1Cl. The van der Waals surface area contributed by atoms with Crippen molar-refractivity contribution in [1.82, 2.24) is 0 Å². The Morgan fingerprint density at radius 1 is 1.25 bits per heavy atom. The number of nitrogens with zero attached hydrogens (tertiary/aromatic N) is 1. The fraction of sp³-hybridized carbons (Fsp3) is 0.300. The van der Waals surface area contributed by atoms with Crippen LogP contribution in [0.25, 0.3) is 0 Å². The predicted molar refractivity (Wildman–Crippen MR) is 64.4 cm³/mol. The number of amides is 1. The summed E-state index contributed by atoms with van der Waals surface area (Å²) in [7, 11) is 0. The number of hydrogen-bond acceptors (Lipinski definition) is 2. The normalized spacial score (nSPS) is 20.6. The van der Waals surface area contributed by atoms with Crippen LogP contribution in [0.2, 0.25) is 15.1 Å². The highest BCUT2D eigenvalue weighted by Gasteiger charge is 2.31. The van der Waals surface area contributed by atoms with Crippen LogP contribution in [0.1, 0.15) is 6.42 Å². The summed E-state index contributed by atoms with van der Waals surface area (Å²) >= 11 is 17.7. The molecule has 0 radical (unpaired) electrons. The molecule has 1 fully saturated rings. The third-order valence-corrected chi connectivity index (χ3v) is 3.15. The highest BCUT2D eigenvalue weighted by Crippen LogP contribution is 2.38. The fourth-order valence-electron chi connectivity index (χ4n) is 1.70. The molecule has 0 spiro atoms. The van der Waals surface area contributed by atoms with Crippen molar-refractivity contribution < 1.29 is 9.90 Å². The summed E-state index contributed by atoms with van der Waals surface area (Å²) in [5.74, 6) is -0.196. The zero-order valence-corrected chi connectivity index (χ0v) is 10.4. The zero-order chi connectivity index (χ0) is 11.9. The lowest BCUT2D eigenvalue weighted by atomic mass is 10.3. The maximum absolute atomic E-state index is 11.6. The Morgan fingerprint density at radius 3 is 2.25 bits per heavy atom. The van der Waals surface area contributed by atoms with Gasteiger partial charge < -0.3 is 10.0 Å². The first-order valence-electron chi connectivity index (χ1n) is 4.62. The smallest absolute Gasteiger partial charge is 0.229 e. The molecule has 1 amide bonds. The van der Waals surface area contributed by atoms with E-state index in [0.29, 0.717) is 20.8 Å². The first-order valence-corrected chi connectivity index (χ1v) is 5.75. The van der Waals surface area contributed by atoms with E-state index in [4.69, 9.17) is 34.8 Å². The molecule has 1 atom stereocenters. The van der Waals surface area contributed by atoms with Gasteiger partial charge in [0.25, 0.3) is 0 Å². The quantitative estimate of drug-likeness (QED) is 0.859. The molecule has 3 nitrogen and oxygen atoms in total. The van der Waals surface area contributed by atoms with Crippen LogP contribution < -0.4 is 4.90 Å². The van der Waals surface area contributed by atoms with E-state index in [1.165, 1.54) is 17.0 Å². The largest absolute Gasteiger partial charge is 0.391 e. The van der Waals surface area contributed by atoms with Gasteiger partial charge in [-0.25, -0.2) is 0 Å². The van der Waals surface area contributed by atoms with Gasteiger partial charge in [-0.05, 0) is 12.1 Å². The summed E-state index contributed by atoms with van der Waals surface area (Å²) in [5, 5.41) is 10.4. The number of aliphatic hydroxyl groups is 1. The molecular formula is C10H8Cl3NO2. The molecule has 1 aliphatic rings. The molecule has 0 saturated carbocycles. The van der Waals surface area contributed by atoms with E-state index in [0.717, 1.165) is 0 Å². The monoisotopic (exact) mass is 279 g/mol. The number of aliphatic hydroxyl groups excluding tert-OH is 1. The van der Waals surface area contributed by atoms with Crippen molar-refractivity contribution in [3.8, 4) is 0 Å². The number of carbonyl (C=O) groups excluding carboxylic acids is 1. The van der Waals surface area contributed by atoms with E-state index in [9.17, 15) is 9.90 Å². The second-order valence-electron chi connectivity index (χ2n) is 3.58. The van der Waals surface area contributed by atoms with E-state index in [2.05, 4.69) is 0 Å². The number of anilines is 1. The Hall–Kier alpha value is -0.480. The van der Waals surface area contributed by atoms with Gasteiger partial charge in [0, 0.05) is 5.02 Å². The summed E-state index contributed by atoms with van der Waals surface area (Å²) < 4.78 is 0. The van der Waals surface area contributed by atoms with Crippen molar-refractivity contribution in [3.63, 3.8) is 0 Å². The topological polar surface area (TPSA) is 40.5 Å². The van der Waals surface area contributed by atoms with Crippen LogP contribution in [0.4, 0.5) is 5.69 Å². The third-order valence-electron chi connectivity index (χ3n) is 2.36. The number of β-amino-alcohol motifs (C(OH)–C–C–N with tert-alkyl or cyclic N) is 1. The molecule has 0 aliphatic carbocycles. The van der Waals surface area contributed by atoms with Crippen LogP contribution in [-0.4, -0.2) is 23.7 Å². The minimum atomic E-state index is -0.671. The van der Waals surface area contributed by atoms with Gasteiger partial charge in [-0.1, -0.05) is 34.8 Å². The number of hydrogen-bond donors (Lipinski definition) is 1. The van der Waals surface area contributed by atoms with E-state index < -0.39 is 6.10 Å². The molecule has 1 unspecified atom stereocenters. The van der Waals surface area contributed by atoms with E-state index in [1.807, 2.05) is 0 Å². The van der Waals surface area contributed by atoms with E-state index >= 15 is 0 Å². The van der Waals surface area contributed by atoms with Crippen molar-refractivity contribution in [2.24, 2.45) is 0 Å². The van der Waals surface area contributed by atoms with Crippen molar-refractivity contribution >= 4 is 46.4 Å². The Bertz CT molecular complexity index is 427. The number of benzene rings is 1. The fourth-order valence-corrected chi connectivity index (χ4v) is 2.72. The lowest BCUT2D eigenvalue weighted by Gasteiger charge is -2.19. The molecule has 0 aromatic heterocycles. The Balaban J connectivity index is 2.44. The van der Waals surface area contributed by atoms with Gasteiger partial charge >= 0.3 is 0 Å². The summed E-state index contributed by atoms with van der Waals surface area (Å²) in [4.78, 5) is 13.0. The maximum Gasteiger partial charge on any atom is 0.229 e. The molecule has 1 saturated heterocycles. The molecule has 16 heavy (non-hydrogen) atoms. The molecular weight excluding hydrogens is 272 g/mol. The average Bonchev–Trinajstić information content (AvgIpc) is 2.43. The van der Waals surface area contributed by atoms with Crippen LogP contribution in [-0.2, 0) is 4.79 Å². The Labute approximate surface area is 108 Å². The molecule has 6 heteroatoms. The summed E-state index contributed by atoms with van der Waals surface area (Å²) in [5.41, 5.74) is 0.411. The average molecular weight is 281 g/mol. The first-order chi connectivity index (χ1) is 7.49. The van der Waals surface area contributed by atoms with Gasteiger partial charge in [-0.3, -0.25) is 4.79 Å². The van der Waals surface area contributed by atoms with Crippen LogP contribution in [0.15, 0.2) is 12.1 Å². The number of carbonyl (C=O) groups is 1. The molecule has 0 bridgehead atoms. The molecule has 1 aliphatic heterocycles. The van der Waals surface area contributed by atoms with Crippen molar-refractivity contribution in [2.75, 3.05) is 11.4 Å². The van der Waals surface area contributed by atoms with Crippen molar-refractivity contribution in [3.05, 3.63) is 27.2 Å². The maximum atomic E-state index is 11.6. The second kappa shape index (κ2) is 4.41. The Morgan fingerprint density at radius 2 is 1.81 bits per heavy atom. The molecule has 1 aromatic carbocycles. The lowest BCUT2D eigenvalue weighted by Crippen LogP contribution is -2.25. The van der Waals surface area contributed by atoms with Crippen LogP contribution >= 0.6 is 34.8 Å². The summed E-state index contributed by atoms with van der Waals surface area (Å²) in [6, 6.07) is 3.03. The first kappa shape index (κ1) is 12.0. The minimum Gasteiger partial charge on any atom is -0.391 e. The van der Waals surface area contributed by atoms with E-state index in [1.54, 1.807) is 0 Å². The Kier molecular flexibility index (Phi) is 3.31. The minimum absolute atomic E-state index is 0.0925. The molecule has 1 heterocycles. The van der Waals surface area contributed by atoms with Crippen LogP contribution in [0.3, 0.4) is 0 Å². The lowest BCUT2D eigenvalue weighted by molar-refractivity contribution is -0.117. The second-order valence-corrected chi connectivity index (χ2v) is 4.83. The molecule has 1 N–H and O–H groups in total. The highest BCUT2D eigenvalue weighted by atomic mass is 35.5. The standard InChI is InChI=1S/C10H8Cl3NO2/c11-5-1-7(12)10(8(13)2-5)14-4-6(15)3-9(14)16/h1-2,6,15H,3-4H2. The zero-order valence-electron chi connectivity index (χ0n) is 8.08. The van der Waals surface area contributed by atoms with Gasteiger partial charge in [0.2, 0.25) is 5.91 Å². The third kappa shape index (κ3) is 2.13. The van der Waals surface area contributed by atoms with Crippen LogP contribution in [0.5, 0.6) is 0 Å². The van der Waals surface area contributed by atoms with Gasteiger partial charge in [0.1, 0.15) is 0 Å². The van der Waals surface area contributed by atoms with Crippen molar-refractivity contribution in [1.29, 1.82) is 0 Å². The van der Waals surface area contributed by atoms with Gasteiger partial charge in [-0.2, -0.15) is 0 Å². The van der Waals surface area contributed by atoms with Crippen molar-refractivity contribution in [2.45, 2.75) is 12.5 Å². The molecule has 2 rings (SSSR count). The van der Waals surface area contributed by atoms with Gasteiger partial charge in [0.05, 0.1) is 34.8 Å². The van der Waals surface area contributed by atoms with Gasteiger partial charge in [0.15, 0.2) is 0 Å². The number of rotatable bonds is 1. The molecule has 1 aromatic rings. The van der Waals surface area contributed by atoms with Crippen LogP contribution in [0, 0.1) is 0 Å². The number of halogens is 3. The molecule has 86 valence electrons. The highest BCUT2D eigenvalue weighted by molar-refractivity contribution is 6.42. The van der Waals surface area contributed by atoms with Gasteiger partial charge in [-0.15, -0.1) is 0 Å².